The number of hydrogen-bond donors (Lipinski definition) is 1. The Hall–Kier alpha value is -2.34. The number of nitrogens with one attached hydrogen (secondary N) is 1. The van der Waals surface area contributed by atoms with Gasteiger partial charge in [-0.3, -0.25) is 0 Å². The highest BCUT2D eigenvalue weighted by molar-refractivity contribution is 6.35. The Bertz CT molecular complexity index is 751. The topological polar surface area (TPSA) is 73.3 Å². The summed E-state index contributed by atoms with van der Waals surface area (Å²) in [6, 6.07) is 9.49. The minimum Gasteiger partial charge on any atom is -0.491 e. The second kappa shape index (κ2) is 7.70. The molecule has 7 heteroatoms. The fraction of sp³-hybridized carbons (Fsp3) is 0.389. The van der Waals surface area contributed by atoms with Crippen molar-refractivity contribution < 1.29 is 14.3 Å². The standard InChI is InChI=1S/C18H20ClN3O3/c1-11(10-25-13-6-4-3-5-7-13)20-17-14(19)15(18(23)24-2)21-16(22-17)12-8-9-12/h3-7,11-12H,8-10H2,1-2H3,(H,20,21,22). The summed E-state index contributed by atoms with van der Waals surface area (Å²) in [7, 11) is 1.31. The molecule has 2 aromatic rings. The lowest BCUT2D eigenvalue weighted by Crippen LogP contribution is -2.25. The van der Waals surface area contributed by atoms with Crippen molar-refractivity contribution in [3.05, 3.63) is 46.9 Å². The molecule has 1 aromatic carbocycles. The molecule has 25 heavy (non-hydrogen) atoms. The summed E-state index contributed by atoms with van der Waals surface area (Å²) in [4.78, 5) is 20.7. The summed E-state index contributed by atoms with van der Waals surface area (Å²) in [5, 5.41) is 3.38. The number of carbonyl (C=O) groups excluding carboxylic acids is 1. The zero-order valence-corrected chi connectivity index (χ0v) is 14.9. The van der Waals surface area contributed by atoms with Crippen LogP contribution in [0.25, 0.3) is 0 Å². The van der Waals surface area contributed by atoms with Gasteiger partial charge >= 0.3 is 5.97 Å². The van der Waals surface area contributed by atoms with Crippen molar-refractivity contribution in [1.29, 1.82) is 0 Å². The Kier molecular flexibility index (Phi) is 5.38. The molecule has 1 aliphatic carbocycles. The lowest BCUT2D eigenvalue weighted by Gasteiger charge is -2.18. The number of hydrogen-bond acceptors (Lipinski definition) is 6. The molecule has 0 bridgehead atoms. The van der Waals surface area contributed by atoms with Crippen molar-refractivity contribution in [3.8, 4) is 5.75 Å². The normalized spacial score (nSPS) is 14.7. The van der Waals surface area contributed by atoms with Gasteiger partial charge in [-0.1, -0.05) is 29.8 Å². The SMILES string of the molecule is COC(=O)c1nc(C2CC2)nc(NC(C)COc2ccccc2)c1Cl. The zero-order chi connectivity index (χ0) is 17.8. The molecule has 3 rings (SSSR count). The van der Waals surface area contributed by atoms with E-state index in [1.807, 2.05) is 37.3 Å². The van der Waals surface area contributed by atoms with Crippen LogP contribution < -0.4 is 10.1 Å². The van der Waals surface area contributed by atoms with Gasteiger partial charge in [-0.05, 0) is 31.9 Å². The van der Waals surface area contributed by atoms with E-state index in [0.717, 1.165) is 18.6 Å². The lowest BCUT2D eigenvalue weighted by molar-refractivity contribution is 0.0593. The van der Waals surface area contributed by atoms with Crippen molar-refractivity contribution in [2.24, 2.45) is 0 Å². The number of halogens is 1. The van der Waals surface area contributed by atoms with Gasteiger partial charge in [-0.25, -0.2) is 14.8 Å². The molecule has 0 amide bonds. The van der Waals surface area contributed by atoms with Crippen LogP contribution in [0.1, 0.15) is 42.0 Å². The van der Waals surface area contributed by atoms with Gasteiger partial charge in [0.05, 0.1) is 13.2 Å². The van der Waals surface area contributed by atoms with Crippen LogP contribution in [-0.2, 0) is 4.74 Å². The van der Waals surface area contributed by atoms with Crippen molar-refractivity contribution in [2.45, 2.75) is 31.7 Å². The van der Waals surface area contributed by atoms with Crippen molar-refractivity contribution in [2.75, 3.05) is 19.0 Å². The Balaban J connectivity index is 1.74. The maximum Gasteiger partial charge on any atom is 0.358 e. The van der Waals surface area contributed by atoms with E-state index in [9.17, 15) is 4.79 Å². The molecule has 132 valence electrons. The first kappa shape index (κ1) is 17.5. The number of para-hydroxylation sites is 1. The third-order valence-electron chi connectivity index (χ3n) is 3.82. The molecule has 1 fully saturated rings. The molecule has 0 saturated heterocycles. The molecule has 1 aliphatic rings. The van der Waals surface area contributed by atoms with E-state index in [-0.39, 0.29) is 22.7 Å². The summed E-state index contributed by atoms with van der Waals surface area (Å²) in [5.41, 5.74) is 0.0970. The van der Waals surface area contributed by atoms with Gasteiger partial charge in [0.15, 0.2) is 5.69 Å². The fourth-order valence-corrected chi connectivity index (χ4v) is 2.55. The molecule has 1 unspecified atom stereocenters. The molecular weight excluding hydrogens is 342 g/mol. The first-order chi connectivity index (χ1) is 12.1. The number of anilines is 1. The van der Waals surface area contributed by atoms with Crippen LogP contribution in [-0.4, -0.2) is 35.7 Å². The molecule has 1 atom stereocenters. The smallest absolute Gasteiger partial charge is 0.358 e. The second-order valence-corrected chi connectivity index (χ2v) is 6.41. The van der Waals surface area contributed by atoms with Crippen LogP contribution in [0.15, 0.2) is 30.3 Å². The Morgan fingerprint density at radius 2 is 2.04 bits per heavy atom. The highest BCUT2D eigenvalue weighted by Gasteiger charge is 2.30. The highest BCUT2D eigenvalue weighted by Crippen LogP contribution is 2.39. The van der Waals surface area contributed by atoms with E-state index in [1.165, 1.54) is 7.11 Å². The maximum atomic E-state index is 11.9. The zero-order valence-electron chi connectivity index (χ0n) is 14.2. The predicted octanol–water partition coefficient (Wildman–Crippen LogP) is 3.67. The average molecular weight is 362 g/mol. The van der Waals surface area contributed by atoms with Gasteiger partial charge in [0.2, 0.25) is 0 Å². The number of nitrogens with zero attached hydrogens (tertiary/aromatic N) is 2. The minimum atomic E-state index is -0.564. The van der Waals surface area contributed by atoms with Gasteiger partial charge in [0.25, 0.3) is 0 Å². The molecule has 0 spiro atoms. The van der Waals surface area contributed by atoms with E-state index in [1.54, 1.807) is 0 Å². The molecule has 0 aliphatic heterocycles. The Morgan fingerprint density at radius 3 is 2.68 bits per heavy atom. The summed E-state index contributed by atoms with van der Waals surface area (Å²) in [6.07, 6.45) is 2.04. The third kappa shape index (κ3) is 4.39. The van der Waals surface area contributed by atoms with Crippen molar-refractivity contribution >= 4 is 23.4 Å². The summed E-state index contributed by atoms with van der Waals surface area (Å²) >= 11 is 6.31. The Labute approximate surface area is 151 Å². The predicted molar refractivity (Wildman–Crippen MR) is 95.4 cm³/mol. The van der Waals surface area contributed by atoms with E-state index in [2.05, 4.69) is 15.3 Å². The van der Waals surface area contributed by atoms with Crippen LogP contribution in [0.5, 0.6) is 5.75 Å². The number of rotatable bonds is 7. The summed E-state index contributed by atoms with van der Waals surface area (Å²) in [6.45, 7) is 2.38. The van der Waals surface area contributed by atoms with Crippen LogP contribution >= 0.6 is 11.6 Å². The van der Waals surface area contributed by atoms with Gasteiger partial charge < -0.3 is 14.8 Å². The fourth-order valence-electron chi connectivity index (χ4n) is 2.33. The van der Waals surface area contributed by atoms with Crippen LogP contribution in [0, 0.1) is 0 Å². The van der Waals surface area contributed by atoms with E-state index in [4.69, 9.17) is 21.1 Å². The number of carbonyl (C=O) groups is 1. The minimum absolute atomic E-state index is 0.0647. The van der Waals surface area contributed by atoms with Gasteiger partial charge in [-0.15, -0.1) is 0 Å². The monoisotopic (exact) mass is 361 g/mol. The number of methoxy groups -OCH3 is 1. The second-order valence-electron chi connectivity index (χ2n) is 6.03. The number of esters is 1. The largest absolute Gasteiger partial charge is 0.491 e. The molecule has 1 saturated carbocycles. The number of benzene rings is 1. The van der Waals surface area contributed by atoms with Crippen LogP contribution in [0.2, 0.25) is 5.02 Å². The number of aromatic nitrogens is 2. The van der Waals surface area contributed by atoms with Crippen LogP contribution in [0.4, 0.5) is 5.82 Å². The van der Waals surface area contributed by atoms with Gasteiger partial charge in [-0.2, -0.15) is 0 Å². The molecule has 1 heterocycles. The first-order valence-corrected chi connectivity index (χ1v) is 8.56. The molecule has 1 N–H and O–H groups in total. The molecule has 1 aromatic heterocycles. The number of ether oxygens (including phenoxy) is 2. The van der Waals surface area contributed by atoms with Crippen LogP contribution in [0.3, 0.4) is 0 Å². The van der Waals surface area contributed by atoms with Gasteiger partial charge in [0, 0.05) is 5.92 Å². The average Bonchev–Trinajstić information content (AvgIpc) is 3.47. The molecule has 0 radical (unpaired) electrons. The Morgan fingerprint density at radius 1 is 1.32 bits per heavy atom. The van der Waals surface area contributed by atoms with Gasteiger partial charge in [0.1, 0.15) is 29.0 Å². The molecule has 6 nitrogen and oxygen atoms in total. The third-order valence-corrected chi connectivity index (χ3v) is 4.17. The highest BCUT2D eigenvalue weighted by atomic mass is 35.5. The molecular formula is C18H20ClN3O3. The lowest BCUT2D eigenvalue weighted by atomic mass is 10.3. The van der Waals surface area contributed by atoms with Crippen molar-refractivity contribution in [1.82, 2.24) is 9.97 Å². The summed E-state index contributed by atoms with van der Waals surface area (Å²) < 4.78 is 10.5. The quantitative estimate of drug-likeness (QED) is 0.758. The van der Waals surface area contributed by atoms with E-state index >= 15 is 0 Å². The maximum absolute atomic E-state index is 11.9. The van der Waals surface area contributed by atoms with Crippen molar-refractivity contribution in [3.63, 3.8) is 0 Å². The van der Waals surface area contributed by atoms with E-state index < -0.39 is 5.97 Å². The first-order valence-electron chi connectivity index (χ1n) is 8.18. The summed E-state index contributed by atoms with van der Waals surface area (Å²) in [5.74, 6) is 1.58. The van der Waals surface area contributed by atoms with E-state index in [0.29, 0.717) is 18.2 Å².